The zero-order chi connectivity index (χ0) is 22.6. The van der Waals surface area contributed by atoms with E-state index in [1.54, 1.807) is 19.1 Å². The number of benzene rings is 1. The van der Waals surface area contributed by atoms with E-state index >= 15 is 0 Å². The second kappa shape index (κ2) is 6.12. The molecule has 4 rings (SSSR count). The van der Waals surface area contributed by atoms with Crippen molar-refractivity contribution in [3.63, 3.8) is 0 Å². The number of hydrogen-bond donors (Lipinski definition) is 2. The topological polar surface area (TPSA) is 97.6 Å². The normalized spacial score (nSPS) is 21.3. The Morgan fingerprint density at radius 1 is 1.13 bits per heavy atom. The van der Waals surface area contributed by atoms with Gasteiger partial charge in [0.15, 0.2) is 5.54 Å². The van der Waals surface area contributed by atoms with Crippen molar-refractivity contribution in [2.24, 2.45) is 0 Å². The van der Waals surface area contributed by atoms with Crippen LogP contribution in [0.2, 0.25) is 0 Å². The van der Waals surface area contributed by atoms with Crippen LogP contribution in [0.15, 0.2) is 47.5 Å². The van der Waals surface area contributed by atoms with Crippen molar-refractivity contribution < 1.29 is 24.2 Å². The molecular formula is C17H16F5N7OS. The van der Waals surface area contributed by atoms with Gasteiger partial charge in [0.25, 0.3) is 0 Å². The third-order valence-corrected chi connectivity index (χ3v) is 6.02. The minimum absolute atomic E-state index is 0.0973. The van der Waals surface area contributed by atoms with Gasteiger partial charge in [-0.2, -0.15) is 0 Å². The van der Waals surface area contributed by atoms with Gasteiger partial charge >= 0.3 is 10.2 Å². The predicted octanol–water partition coefficient (Wildman–Crippen LogP) is 4.37. The van der Waals surface area contributed by atoms with Crippen molar-refractivity contribution in [3.05, 3.63) is 42.6 Å². The van der Waals surface area contributed by atoms with Gasteiger partial charge in [0.05, 0.1) is 5.56 Å². The zero-order valence-corrected chi connectivity index (χ0v) is 16.7. The number of pyridine rings is 1. The van der Waals surface area contributed by atoms with Crippen LogP contribution in [0.3, 0.4) is 0 Å². The molecule has 0 aliphatic carbocycles. The molecule has 1 atom stereocenters. The maximum atomic E-state index is 12.9. The molecule has 14 heteroatoms. The van der Waals surface area contributed by atoms with Gasteiger partial charge in [-0.15, -0.1) is 15.0 Å². The van der Waals surface area contributed by atoms with E-state index in [2.05, 4.69) is 31.0 Å². The van der Waals surface area contributed by atoms with Crippen molar-refractivity contribution in [1.82, 2.24) is 30.5 Å². The lowest BCUT2D eigenvalue weighted by Gasteiger charge is -2.40. The van der Waals surface area contributed by atoms with E-state index < -0.39 is 20.7 Å². The zero-order valence-electron chi connectivity index (χ0n) is 15.9. The van der Waals surface area contributed by atoms with E-state index in [1.165, 1.54) is 11.0 Å². The van der Waals surface area contributed by atoms with Crippen LogP contribution in [-0.2, 0) is 10.3 Å². The van der Waals surface area contributed by atoms with Crippen LogP contribution >= 0.6 is 10.2 Å². The first-order valence-electron chi connectivity index (χ1n) is 8.92. The van der Waals surface area contributed by atoms with Gasteiger partial charge in [-0.1, -0.05) is 19.4 Å². The average molecular weight is 461 g/mol. The van der Waals surface area contributed by atoms with Gasteiger partial charge in [-0.3, -0.25) is 4.79 Å². The van der Waals surface area contributed by atoms with Crippen LogP contribution in [-0.4, -0.2) is 37.6 Å². The summed E-state index contributed by atoms with van der Waals surface area (Å²) in [6.45, 7) is 2.14. The molecule has 3 aromatic rings. The standard InChI is InChI=1S/C17H16F5N7OS/c1-17(8-10-24-16(17)30)29-27-15(26-28-29)13-3-2-9-23-14(13)25-11-4-6-12(7-5-11)31(18,19,20,21)22/h2-7,9H,8,10H2,1H3,(H,23,25)(H,24,30)/t17-/m1/s1. The minimum Gasteiger partial charge on any atom is -0.354 e. The molecule has 8 nitrogen and oxygen atoms in total. The van der Waals surface area contributed by atoms with Gasteiger partial charge in [-0.25, -0.2) is 4.98 Å². The third-order valence-electron chi connectivity index (χ3n) is 4.85. The number of aromatic nitrogens is 5. The quantitative estimate of drug-likeness (QED) is 0.548. The molecule has 0 saturated carbocycles. The van der Waals surface area contributed by atoms with E-state index in [0.29, 0.717) is 30.7 Å². The lowest BCUT2D eigenvalue weighted by atomic mass is 10.0. The molecule has 1 aliphatic heterocycles. The first-order chi connectivity index (χ1) is 14.3. The maximum Gasteiger partial charge on any atom is 0.310 e. The average Bonchev–Trinajstić information content (AvgIpc) is 3.29. The van der Waals surface area contributed by atoms with E-state index in [0.717, 1.165) is 12.1 Å². The highest BCUT2D eigenvalue weighted by atomic mass is 32.5. The summed E-state index contributed by atoms with van der Waals surface area (Å²) in [7, 11) is -9.75. The first-order valence-corrected chi connectivity index (χ1v) is 10.9. The summed E-state index contributed by atoms with van der Waals surface area (Å²) in [6.07, 6.45) is 1.89. The Hall–Kier alpha value is -3.29. The molecule has 2 aromatic heterocycles. The fraction of sp³-hybridized carbons (Fsp3) is 0.235. The molecule has 0 radical (unpaired) electrons. The monoisotopic (exact) mass is 461 g/mol. The molecule has 1 amide bonds. The predicted molar refractivity (Wildman–Crippen MR) is 103 cm³/mol. The minimum atomic E-state index is -9.75. The summed E-state index contributed by atoms with van der Waals surface area (Å²) >= 11 is 0. The number of tetrazole rings is 1. The van der Waals surface area contributed by atoms with Crippen LogP contribution in [0.5, 0.6) is 0 Å². The van der Waals surface area contributed by atoms with Crippen LogP contribution in [0.25, 0.3) is 11.4 Å². The summed E-state index contributed by atoms with van der Waals surface area (Å²) in [5, 5.41) is 17.6. The summed E-state index contributed by atoms with van der Waals surface area (Å²) in [5.74, 6) is 0.0494. The first kappa shape index (κ1) is 21.0. The molecule has 0 spiro atoms. The van der Waals surface area contributed by atoms with Gasteiger partial charge in [0.2, 0.25) is 11.7 Å². The van der Waals surface area contributed by atoms with Gasteiger partial charge in [-0.05, 0) is 48.5 Å². The number of carbonyl (C=O) groups is 1. The second-order valence-corrected chi connectivity index (χ2v) is 9.61. The molecule has 166 valence electrons. The van der Waals surface area contributed by atoms with E-state index in [4.69, 9.17) is 0 Å². The fourth-order valence-electron chi connectivity index (χ4n) is 3.06. The second-order valence-electron chi connectivity index (χ2n) is 7.20. The molecule has 2 N–H and O–H groups in total. The highest BCUT2D eigenvalue weighted by Gasteiger charge is 2.65. The lowest BCUT2D eigenvalue weighted by molar-refractivity contribution is -0.126. The van der Waals surface area contributed by atoms with Gasteiger partial charge in [0.1, 0.15) is 10.7 Å². The van der Waals surface area contributed by atoms with E-state index in [1.807, 2.05) is 0 Å². The number of carbonyl (C=O) groups excluding carboxylic acids is 1. The molecule has 3 heterocycles. The van der Waals surface area contributed by atoms with Crippen LogP contribution in [0, 0.1) is 0 Å². The number of nitrogens with one attached hydrogen (secondary N) is 2. The number of amides is 1. The number of nitrogens with zero attached hydrogens (tertiary/aromatic N) is 5. The largest absolute Gasteiger partial charge is 0.354 e. The number of halogens is 5. The highest BCUT2D eigenvalue weighted by Crippen LogP contribution is 3.02. The Morgan fingerprint density at radius 3 is 2.45 bits per heavy atom. The molecule has 0 bridgehead atoms. The van der Waals surface area contributed by atoms with E-state index in [-0.39, 0.29) is 23.2 Å². The summed E-state index contributed by atoms with van der Waals surface area (Å²) < 4.78 is 64.5. The van der Waals surface area contributed by atoms with Crippen molar-refractivity contribution in [2.45, 2.75) is 23.8 Å². The van der Waals surface area contributed by atoms with Crippen LogP contribution in [0.1, 0.15) is 13.3 Å². The molecule has 1 fully saturated rings. The Kier molecular flexibility index (Phi) is 4.14. The molecule has 1 aliphatic rings. The highest BCUT2D eigenvalue weighted by molar-refractivity contribution is 8.45. The van der Waals surface area contributed by atoms with Crippen molar-refractivity contribution >= 4 is 27.6 Å². The summed E-state index contributed by atoms with van der Waals surface area (Å²) in [6, 6.07) is 5.54. The Bertz CT molecular complexity index is 1170. The SMILES string of the molecule is C[C@@]1(n2nnc(-c3cccnc3Nc3ccc(S(F)(F)(F)(F)F)cc3)n2)CCNC1=O. The fourth-order valence-corrected chi connectivity index (χ4v) is 3.71. The smallest absolute Gasteiger partial charge is 0.310 e. The molecular weight excluding hydrogens is 445 g/mol. The lowest BCUT2D eigenvalue weighted by Crippen LogP contribution is -2.40. The number of hydrogen-bond acceptors (Lipinski definition) is 6. The van der Waals surface area contributed by atoms with Gasteiger partial charge in [0, 0.05) is 24.8 Å². The molecule has 0 unspecified atom stereocenters. The van der Waals surface area contributed by atoms with Crippen molar-refractivity contribution in [2.75, 3.05) is 11.9 Å². The van der Waals surface area contributed by atoms with Gasteiger partial charge < -0.3 is 10.6 Å². The van der Waals surface area contributed by atoms with E-state index in [9.17, 15) is 24.2 Å². The maximum absolute atomic E-state index is 12.9. The van der Waals surface area contributed by atoms with Crippen molar-refractivity contribution in [1.29, 1.82) is 0 Å². The van der Waals surface area contributed by atoms with Crippen molar-refractivity contribution in [3.8, 4) is 11.4 Å². The Morgan fingerprint density at radius 2 is 1.84 bits per heavy atom. The van der Waals surface area contributed by atoms with Crippen LogP contribution < -0.4 is 10.6 Å². The Balaban J connectivity index is 1.63. The van der Waals surface area contributed by atoms with Crippen LogP contribution in [0.4, 0.5) is 30.9 Å². The summed E-state index contributed by atoms with van der Waals surface area (Å²) in [5.41, 5.74) is -0.546. The molecule has 1 saturated heterocycles. The third kappa shape index (κ3) is 4.02. The number of rotatable bonds is 5. The Labute approximate surface area is 172 Å². The molecule has 1 aromatic carbocycles. The number of anilines is 2. The molecule has 31 heavy (non-hydrogen) atoms. The summed E-state index contributed by atoms with van der Waals surface area (Å²) in [4.78, 5) is 15.4.